The van der Waals surface area contributed by atoms with Gasteiger partial charge >= 0.3 is 0 Å². The highest BCUT2D eigenvalue weighted by Gasteiger charge is 2.24. The lowest BCUT2D eigenvalue weighted by molar-refractivity contribution is 0.500. The summed E-state index contributed by atoms with van der Waals surface area (Å²) >= 11 is 9.23. The van der Waals surface area contributed by atoms with Crippen molar-refractivity contribution in [2.75, 3.05) is 6.54 Å². The first-order chi connectivity index (χ1) is 10.1. The van der Waals surface area contributed by atoms with Gasteiger partial charge in [-0.1, -0.05) is 18.5 Å². The zero-order chi connectivity index (χ0) is 15.4. The molecule has 0 bridgehead atoms. The fourth-order valence-electron chi connectivity index (χ4n) is 2.08. The standard InChI is InChI=1S/C15H14BrClF2N2/c1-2-6-21-15(9-5-7-20-8-11(9)17)13-12(18)4-3-10(16)14(13)19/h3-5,7-8,15,21H,2,6H2,1H3. The van der Waals surface area contributed by atoms with Crippen LogP contribution >= 0.6 is 27.5 Å². The Morgan fingerprint density at radius 1 is 1.33 bits per heavy atom. The summed E-state index contributed by atoms with van der Waals surface area (Å²) in [5.41, 5.74) is 0.543. The van der Waals surface area contributed by atoms with E-state index < -0.39 is 17.7 Å². The molecule has 1 unspecified atom stereocenters. The molecule has 0 fully saturated rings. The number of aromatic nitrogens is 1. The van der Waals surface area contributed by atoms with E-state index in [-0.39, 0.29) is 10.0 Å². The van der Waals surface area contributed by atoms with Gasteiger partial charge in [0.1, 0.15) is 11.6 Å². The van der Waals surface area contributed by atoms with Crippen LogP contribution in [0.4, 0.5) is 8.78 Å². The van der Waals surface area contributed by atoms with E-state index >= 15 is 0 Å². The maximum Gasteiger partial charge on any atom is 0.145 e. The molecule has 0 saturated heterocycles. The lowest BCUT2D eigenvalue weighted by Crippen LogP contribution is -2.25. The molecule has 2 nitrogen and oxygen atoms in total. The van der Waals surface area contributed by atoms with Crippen LogP contribution in [0.2, 0.25) is 5.02 Å². The van der Waals surface area contributed by atoms with Gasteiger partial charge in [-0.15, -0.1) is 0 Å². The number of hydrogen-bond donors (Lipinski definition) is 1. The van der Waals surface area contributed by atoms with E-state index in [1.165, 1.54) is 18.3 Å². The summed E-state index contributed by atoms with van der Waals surface area (Å²) in [5.74, 6) is -1.24. The van der Waals surface area contributed by atoms with Crippen LogP contribution in [-0.2, 0) is 0 Å². The van der Waals surface area contributed by atoms with E-state index in [9.17, 15) is 8.78 Å². The van der Waals surface area contributed by atoms with Crippen LogP contribution < -0.4 is 5.32 Å². The number of nitrogens with one attached hydrogen (secondary N) is 1. The monoisotopic (exact) mass is 374 g/mol. The van der Waals surface area contributed by atoms with Crippen molar-refractivity contribution in [3.63, 3.8) is 0 Å². The van der Waals surface area contributed by atoms with Gasteiger partial charge in [-0.3, -0.25) is 4.98 Å². The Kier molecular flexibility index (Phi) is 5.67. The average Bonchev–Trinajstić information content (AvgIpc) is 2.47. The van der Waals surface area contributed by atoms with E-state index in [2.05, 4.69) is 26.2 Å². The van der Waals surface area contributed by atoms with Crippen LogP contribution in [0.5, 0.6) is 0 Å². The normalized spacial score (nSPS) is 12.4. The van der Waals surface area contributed by atoms with Crippen molar-refractivity contribution >= 4 is 27.5 Å². The van der Waals surface area contributed by atoms with Crippen LogP contribution in [-0.4, -0.2) is 11.5 Å². The molecular formula is C15H14BrClF2N2. The Balaban J connectivity index is 2.56. The van der Waals surface area contributed by atoms with E-state index in [0.717, 1.165) is 6.42 Å². The quantitative estimate of drug-likeness (QED) is 0.755. The fraction of sp³-hybridized carbons (Fsp3) is 0.267. The van der Waals surface area contributed by atoms with Gasteiger partial charge in [0.25, 0.3) is 0 Å². The number of rotatable bonds is 5. The summed E-state index contributed by atoms with van der Waals surface area (Å²) in [7, 11) is 0. The molecule has 1 N–H and O–H groups in total. The average molecular weight is 376 g/mol. The molecule has 1 atom stereocenters. The molecule has 0 amide bonds. The Morgan fingerprint density at radius 3 is 2.76 bits per heavy atom. The molecule has 21 heavy (non-hydrogen) atoms. The molecule has 0 aliphatic carbocycles. The van der Waals surface area contributed by atoms with Crippen molar-refractivity contribution in [1.82, 2.24) is 10.3 Å². The summed E-state index contributed by atoms with van der Waals surface area (Å²) in [6.07, 6.45) is 3.84. The molecule has 6 heteroatoms. The predicted molar refractivity (Wildman–Crippen MR) is 83.4 cm³/mol. The van der Waals surface area contributed by atoms with Gasteiger partial charge in [-0.25, -0.2) is 8.78 Å². The van der Waals surface area contributed by atoms with Crippen LogP contribution in [0.25, 0.3) is 0 Å². The maximum absolute atomic E-state index is 14.4. The first-order valence-electron chi connectivity index (χ1n) is 6.52. The second-order valence-electron chi connectivity index (χ2n) is 4.54. The van der Waals surface area contributed by atoms with Gasteiger partial charge in [0.2, 0.25) is 0 Å². The molecule has 2 aromatic rings. The molecule has 1 aromatic carbocycles. The minimum Gasteiger partial charge on any atom is -0.306 e. The van der Waals surface area contributed by atoms with Crippen LogP contribution in [0.15, 0.2) is 35.1 Å². The molecule has 0 radical (unpaired) electrons. The van der Waals surface area contributed by atoms with Gasteiger partial charge in [0, 0.05) is 18.0 Å². The van der Waals surface area contributed by atoms with Gasteiger partial charge < -0.3 is 5.32 Å². The van der Waals surface area contributed by atoms with Crippen molar-refractivity contribution in [2.24, 2.45) is 0 Å². The molecule has 112 valence electrons. The minimum absolute atomic E-state index is 0.0501. The van der Waals surface area contributed by atoms with Crippen LogP contribution in [0, 0.1) is 11.6 Å². The smallest absolute Gasteiger partial charge is 0.145 e. The number of halogens is 4. The maximum atomic E-state index is 14.4. The Morgan fingerprint density at radius 2 is 2.10 bits per heavy atom. The number of hydrogen-bond acceptors (Lipinski definition) is 2. The largest absolute Gasteiger partial charge is 0.306 e. The summed E-state index contributed by atoms with van der Waals surface area (Å²) in [6.45, 7) is 2.58. The third-order valence-corrected chi connectivity index (χ3v) is 4.01. The number of nitrogens with zero attached hydrogens (tertiary/aromatic N) is 1. The lowest BCUT2D eigenvalue weighted by Gasteiger charge is -2.22. The molecule has 0 saturated carbocycles. The van der Waals surface area contributed by atoms with Crippen molar-refractivity contribution in [3.05, 3.63) is 62.8 Å². The Hall–Kier alpha value is -1.04. The summed E-state index contributed by atoms with van der Waals surface area (Å²) < 4.78 is 28.8. The summed E-state index contributed by atoms with van der Waals surface area (Å²) in [4.78, 5) is 3.91. The first-order valence-corrected chi connectivity index (χ1v) is 7.69. The van der Waals surface area contributed by atoms with Gasteiger partial charge in [-0.2, -0.15) is 0 Å². The molecular weight excluding hydrogens is 362 g/mol. The first kappa shape index (κ1) is 16.3. The van der Waals surface area contributed by atoms with Crippen LogP contribution in [0.1, 0.15) is 30.5 Å². The van der Waals surface area contributed by atoms with Crippen molar-refractivity contribution < 1.29 is 8.78 Å². The number of benzene rings is 1. The van der Waals surface area contributed by atoms with Gasteiger partial charge in [-0.05, 0) is 52.7 Å². The topological polar surface area (TPSA) is 24.9 Å². The van der Waals surface area contributed by atoms with E-state index in [0.29, 0.717) is 17.1 Å². The highest BCUT2D eigenvalue weighted by atomic mass is 79.9. The lowest BCUT2D eigenvalue weighted by atomic mass is 9.98. The fourth-order valence-corrected chi connectivity index (χ4v) is 2.66. The molecule has 0 spiro atoms. The third kappa shape index (κ3) is 3.59. The van der Waals surface area contributed by atoms with Gasteiger partial charge in [0.05, 0.1) is 15.5 Å². The third-order valence-electron chi connectivity index (χ3n) is 3.08. The minimum atomic E-state index is -0.669. The van der Waals surface area contributed by atoms with Crippen molar-refractivity contribution in [1.29, 1.82) is 0 Å². The SMILES string of the molecule is CCCNC(c1ccncc1Cl)c1c(F)ccc(Br)c1F. The van der Waals surface area contributed by atoms with E-state index in [4.69, 9.17) is 11.6 Å². The highest BCUT2D eigenvalue weighted by Crippen LogP contribution is 2.33. The second-order valence-corrected chi connectivity index (χ2v) is 5.80. The zero-order valence-corrected chi connectivity index (χ0v) is 13.7. The molecule has 2 rings (SSSR count). The molecule has 0 aliphatic heterocycles. The van der Waals surface area contributed by atoms with E-state index in [1.807, 2.05) is 6.92 Å². The summed E-state index contributed by atoms with van der Waals surface area (Å²) in [6, 6.07) is 3.57. The summed E-state index contributed by atoms with van der Waals surface area (Å²) in [5, 5.41) is 3.50. The van der Waals surface area contributed by atoms with Crippen LogP contribution in [0.3, 0.4) is 0 Å². The second kappa shape index (κ2) is 7.29. The Labute approximate surface area is 135 Å². The molecule has 0 aliphatic rings. The Bertz CT molecular complexity index is 637. The highest BCUT2D eigenvalue weighted by molar-refractivity contribution is 9.10. The van der Waals surface area contributed by atoms with Gasteiger partial charge in [0.15, 0.2) is 0 Å². The predicted octanol–water partition coefficient (Wildman–Crippen LogP) is 4.86. The zero-order valence-electron chi connectivity index (χ0n) is 11.3. The number of pyridine rings is 1. The van der Waals surface area contributed by atoms with E-state index in [1.54, 1.807) is 12.3 Å². The van der Waals surface area contributed by atoms with Crippen molar-refractivity contribution in [2.45, 2.75) is 19.4 Å². The molecule has 1 heterocycles. The van der Waals surface area contributed by atoms with Crippen molar-refractivity contribution in [3.8, 4) is 0 Å². The molecule has 1 aromatic heterocycles.